The molecule has 1 fully saturated rings. The van der Waals surface area contributed by atoms with Crippen LogP contribution < -0.4 is 5.32 Å². The van der Waals surface area contributed by atoms with E-state index in [9.17, 15) is 14.7 Å². The average molecular weight is 340 g/mol. The SMILES string of the molecule is CC1CCCCC[C@H](C)CNC(=O)CC(O)C(C)(C)C(=O)C(C)C1. The zero-order valence-corrected chi connectivity index (χ0v) is 16.2. The van der Waals surface area contributed by atoms with E-state index in [0.29, 0.717) is 18.4 Å². The van der Waals surface area contributed by atoms with Crippen LogP contribution in [0.2, 0.25) is 0 Å². The lowest BCUT2D eigenvalue weighted by molar-refractivity contribution is -0.139. The molecule has 2 N–H and O–H groups in total. The summed E-state index contributed by atoms with van der Waals surface area (Å²) in [5.41, 5.74) is -0.890. The number of amides is 1. The van der Waals surface area contributed by atoms with E-state index in [4.69, 9.17) is 0 Å². The van der Waals surface area contributed by atoms with Crippen molar-refractivity contribution in [3.05, 3.63) is 0 Å². The first-order valence-corrected chi connectivity index (χ1v) is 9.63. The van der Waals surface area contributed by atoms with Gasteiger partial charge in [-0.25, -0.2) is 0 Å². The first kappa shape index (κ1) is 21.1. The Bertz CT molecular complexity index is 419. The van der Waals surface area contributed by atoms with Gasteiger partial charge < -0.3 is 10.4 Å². The summed E-state index contributed by atoms with van der Waals surface area (Å²) in [5.74, 6) is 0.788. The Hall–Kier alpha value is -0.900. The Morgan fingerprint density at radius 2 is 1.58 bits per heavy atom. The van der Waals surface area contributed by atoms with E-state index in [0.717, 1.165) is 19.3 Å². The molecule has 140 valence electrons. The second-order valence-electron chi connectivity index (χ2n) is 8.60. The number of aliphatic hydroxyl groups is 1. The maximum atomic E-state index is 12.8. The van der Waals surface area contributed by atoms with Crippen LogP contribution in [0.25, 0.3) is 0 Å². The van der Waals surface area contributed by atoms with Gasteiger partial charge in [-0.15, -0.1) is 0 Å². The van der Waals surface area contributed by atoms with Gasteiger partial charge in [0.25, 0.3) is 0 Å². The number of aliphatic hydroxyl groups excluding tert-OH is 1. The number of carbonyl (C=O) groups is 2. The second kappa shape index (κ2) is 9.55. The van der Waals surface area contributed by atoms with E-state index < -0.39 is 11.5 Å². The molecule has 0 spiro atoms. The number of nitrogens with one attached hydrogen (secondary N) is 1. The fourth-order valence-electron chi connectivity index (χ4n) is 3.68. The Balaban J connectivity index is 2.81. The van der Waals surface area contributed by atoms with Crippen LogP contribution in [-0.2, 0) is 9.59 Å². The Morgan fingerprint density at radius 1 is 1.00 bits per heavy atom. The molecule has 1 rings (SSSR count). The molecule has 3 unspecified atom stereocenters. The zero-order valence-electron chi connectivity index (χ0n) is 16.2. The van der Waals surface area contributed by atoms with Crippen molar-refractivity contribution in [2.24, 2.45) is 23.2 Å². The van der Waals surface area contributed by atoms with E-state index in [1.807, 2.05) is 6.92 Å². The van der Waals surface area contributed by atoms with Crippen LogP contribution in [0.4, 0.5) is 0 Å². The number of carbonyl (C=O) groups excluding carboxylic acids is 2. The molecular weight excluding hydrogens is 302 g/mol. The van der Waals surface area contributed by atoms with Crippen LogP contribution in [0.3, 0.4) is 0 Å². The van der Waals surface area contributed by atoms with Gasteiger partial charge in [-0.1, -0.05) is 60.3 Å². The molecule has 4 atom stereocenters. The highest BCUT2D eigenvalue weighted by Gasteiger charge is 2.39. The summed E-state index contributed by atoms with van der Waals surface area (Å²) < 4.78 is 0. The van der Waals surface area contributed by atoms with Crippen molar-refractivity contribution in [2.45, 2.75) is 85.7 Å². The normalized spacial score (nSPS) is 34.6. The van der Waals surface area contributed by atoms with Gasteiger partial charge in [0.1, 0.15) is 5.78 Å². The predicted molar refractivity (Wildman–Crippen MR) is 97.6 cm³/mol. The van der Waals surface area contributed by atoms with Crippen LogP contribution in [-0.4, -0.2) is 29.4 Å². The van der Waals surface area contributed by atoms with Crippen molar-refractivity contribution in [3.8, 4) is 0 Å². The summed E-state index contributed by atoms with van der Waals surface area (Å²) in [6.07, 6.45) is 5.80. The number of hydrogen-bond acceptors (Lipinski definition) is 3. The lowest BCUT2D eigenvalue weighted by atomic mass is 9.74. The van der Waals surface area contributed by atoms with Gasteiger partial charge in [0.15, 0.2) is 0 Å². The summed E-state index contributed by atoms with van der Waals surface area (Å²) in [5, 5.41) is 13.4. The van der Waals surface area contributed by atoms with Gasteiger partial charge in [-0.05, 0) is 24.7 Å². The van der Waals surface area contributed by atoms with Gasteiger partial charge in [-0.2, -0.15) is 0 Å². The number of ketones is 1. The molecule has 0 aromatic carbocycles. The first-order valence-electron chi connectivity index (χ1n) is 9.63. The molecule has 4 heteroatoms. The molecule has 1 heterocycles. The Morgan fingerprint density at radius 3 is 2.21 bits per heavy atom. The first-order chi connectivity index (χ1) is 11.1. The molecular formula is C20H37NO3. The van der Waals surface area contributed by atoms with Gasteiger partial charge >= 0.3 is 0 Å². The van der Waals surface area contributed by atoms with Crippen molar-refractivity contribution in [1.82, 2.24) is 5.32 Å². The van der Waals surface area contributed by atoms with Gasteiger partial charge in [0, 0.05) is 12.5 Å². The predicted octanol–water partition coefficient (Wildman–Crippen LogP) is 3.71. The topological polar surface area (TPSA) is 66.4 Å². The van der Waals surface area contributed by atoms with Gasteiger partial charge in [0.2, 0.25) is 5.91 Å². The Labute approximate surface area is 147 Å². The molecule has 0 radical (unpaired) electrons. The highest BCUT2D eigenvalue weighted by atomic mass is 16.3. The smallest absolute Gasteiger partial charge is 0.222 e. The van der Waals surface area contributed by atoms with Crippen LogP contribution in [0, 0.1) is 23.2 Å². The number of Topliss-reactive ketones (excluding diaryl/α,β-unsaturated/α-hetero) is 1. The largest absolute Gasteiger partial charge is 0.392 e. The maximum absolute atomic E-state index is 12.8. The molecule has 0 aliphatic carbocycles. The average Bonchev–Trinajstić information content (AvgIpc) is 2.50. The van der Waals surface area contributed by atoms with Gasteiger partial charge in [0.05, 0.1) is 17.9 Å². The standard InChI is InChI=1S/C20H37NO3/c1-14-9-7-6-8-10-15(2)13-21-18(23)12-17(22)20(4,5)19(24)16(3)11-14/h14-17,22H,6-13H2,1-5H3,(H,21,23)/t14?,15-,16?,17?/m0/s1. The van der Waals surface area contributed by atoms with E-state index in [-0.39, 0.29) is 24.0 Å². The third-order valence-corrected chi connectivity index (χ3v) is 5.59. The van der Waals surface area contributed by atoms with Crippen molar-refractivity contribution in [3.63, 3.8) is 0 Å². The summed E-state index contributed by atoms with van der Waals surface area (Å²) in [4.78, 5) is 24.9. The van der Waals surface area contributed by atoms with Gasteiger partial charge in [-0.3, -0.25) is 9.59 Å². The number of hydrogen-bond donors (Lipinski definition) is 2. The third kappa shape index (κ3) is 6.54. The molecule has 1 saturated heterocycles. The minimum Gasteiger partial charge on any atom is -0.392 e. The lowest BCUT2D eigenvalue weighted by Gasteiger charge is -2.32. The minimum absolute atomic E-state index is 0.00622. The van der Waals surface area contributed by atoms with Crippen LogP contribution in [0.5, 0.6) is 0 Å². The van der Waals surface area contributed by atoms with E-state index in [1.54, 1.807) is 13.8 Å². The fraction of sp³-hybridized carbons (Fsp3) is 0.900. The van der Waals surface area contributed by atoms with Crippen molar-refractivity contribution >= 4 is 11.7 Å². The van der Waals surface area contributed by atoms with E-state index in [1.165, 1.54) is 19.3 Å². The summed E-state index contributed by atoms with van der Waals surface area (Å²) in [6.45, 7) is 10.5. The number of rotatable bonds is 0. The minimum atomic E-state index is -0.939. The van der Waals surface area contributed by atoms with E-state index >= 15 is 0 Å². The van der Waals surface area contributed by atoms with Crippen molar-refractivity contribution in [2.75, 3.05) is 6.54 Å². The summed E-state index contributed by atoms with van der Waals surface area (Å²) >= 11 is 0. The Kier molecular flexibility index (Phi) is 8.41. The molecule has 0 aromatic heterocycles. The van der Waals surface area contributed by atoms with Crippen LogP contribution in [0.1, 0.15) is 79.6 Å². The molecule has 1 aliphatic rings. The molecule has 24 heavy (non-hydrogen) atoms. The zero-order chi connectivity index (χ0) is 18.3. The van der Waals surface area contributed by atoms with Crippen LogP contribution in [0.15, 0.2) is 0 Å². The lowest BCUT2D eigenvalue weighted by Crippen LogP contribution is -2.43. The molecule has 0 bridgehead atoms. The monoisotopic (exact) mass is 339 g/mol. The van der Waals surface area contributed by atoms with Crippen molar-refractivity contribution in [1.29, 1.82) is 0 Å². The van der Waals surface area contributed by atoms with Crippen LogP contribution >= 0.6 is 0 Å². The molecule has 1 aliphatic heterocycles. The fourth-order valence-corrected chi connectivity index (χ4v) is 3.68. The highest BCUT2D eigenvalue weighted by Crippen LogP contribution is 2.31. The van der Waals surface area contributed by atoms with Crippen molar-refractivity contribution < 1.29 is 14.7 Å². The molecule has 1 amide bonds. The van der Waals surface area contributed by atoms with E-state index in [2.05, 4.69) is 19.2 Å². The second-order valence-corrected chi connectivity index (χ2v) is 8.60. The summed E-state index contributed by atoms with van der Waals surface area (Å²) in [7, 11) is 0. The summed E-state index contributed by atoms with van der Waals surface area (Å²) in [6, 6.07) is 0. The molecule has 0 saturated carbocycles. The maximum Gasteiger partial charge on any atom is 0.222 e. The highest BCUT2D eigenvalue weighted by molar-refractivity contribution is 5.87. The third-order valence-electron chi connectivity index (χ3n) is 5.59. The molecule has 4 nitrogen and oxygen atoms in total. The molecule has 0 aromatic rings. The quantitative estimate of drug-likeness (QED) is 0.707.